The number of alkyl halides is 1. The van der Waals surface area contributed by atoms with E-state index in [0.717, 1.165) is 0 Å². The average Bonchev–Trinajstić information content (AvgIpc) is 3.44. The molecule has 340 valence electrons. The maximum atomic E-state index is 17.5. The summed E-state index contributed by atoms with van der Waals surface area (Å²) in [4.78, 5) is 52.9. The standard InChI is InChI=1S/C45H72FN3O11/c1-11-33-44(10,58)37(27(6)49-22-23(2)20-43(9,57)36(53)25(4)35(52)26(5)39(55)59-33)60-40(56)48-17-16-47-38(54)34-24(3)18-31-30-13-12-28-19-29(50)14-15-42(28,8)45(30,46)32(51)21-41(31,34)7/h14-15,19,23-27,30-37,49,51-53,57-58H,11-13,16-18,20-22H2,1-10H3,(H,47,54)(H,48,56)/t23-,24-,25+,26-,27-,30?,31?,32+,33-,34-,35+,36-,37?,41+,42+,43-,44-,45+/m1/s1. The molecule has 1 saturated heterocycles. The molecule has 15 heteroatoms. The van der Waals surface area contributed by atoms with E-state index in [1.165, 1.54) is 32.9 Å². The van der Waals surface area contributed by atoms with Crippen LogP contribution in [0, 0.1) is 52.3 Å². The van der Waals surface area contributed by atoms with Crippen molar-refractivity contribution in [2.24, 2.45) is 52.3 Å². The summed E-state index contributed by atoms with van der Waals surface area (Å²) in [6.07, 6.45) is -0.950. The van der Waals surface area contributed by atoms with E-state index in [4.69, 9.17) is 9.47 Å². The van der Waals surface area contributed by atoms with E-state index in [1.807, 2.05) is 20.8 Å². The molecule has 1 heterocycles. The molecule has 5 rings (SSSR count). The summed E-state index contributed by atoms with van der Waals surface area (Å²) in [7, 11) is 0. The van der Waals surface area contributed by atoms with E-state index < -0.39 is 100.0 Å². The van der Waals surface area contributed by atoms with Crippen molar-refractivity contribution in [1.29, 1.82) is 0 Å². The van der Waals surface area contributed by atoms with E-state index in [1.54, 1.807) is 33.8 Å². The molecule has 0 radical (unpaired) electrons. The fourth-order valence-electron chi connectivity index (χ4n) is 12.3. The number of halogens is 1. The Bertz CT molecular complexity index is 1690. The highest BCUT2D eigenvalue weighted by Crippen LogP contribution is 2.69. The first kappa shape index (κ1) is 48.1. The van der Waals surface area contributed by atoms with E-state index in [0.29, 0.717) is 24.8 Å². The van der Waals surface area contributed by atoms with Gasteiger partial charge in [-0.1, -0.05) is 46.3 Å². The van der Waals surface area contributed by atoms with Crippen molar-refractivity contribution < 1.29 is 58.6 Å². The maximum Gasteiger partial charge on any atom is 0.407 e. The number of alkyl carbamates (subject to hydrolysis) is 1. The van der Waals surface area contributed by atoms with Gasteiger partial charge in [0.05, 0.1) is 29.8 Å². The normalized spacial score (nSPS) is 47.6. The Hall–Kier alpha value is -2.95. The molecule has 60 heavy (non-hydrogen) atoms. The SMILES string of the molecule is CC[C@H]1OC(=O)[C@H](C)[C@@H](O)[C@H](C)[C@@H](O)[C@](C)(O)C[C@@H](C)CN[C@H](C)C(OC(=O)NCCNC(=O)[C@H]2[C@H](C)CC3C4CCC5=CC(=O)C=C[C@]5(C)[C@@]4(F)[C@@H](O)C[C@@]32C)[C@]1(C)O. The molecule has 18 atom stereocenters. The molecule has 2 amide bonds. The highest BCUT2D eigenvalue weighted by Gasteiger charge is 2.71. The number of cyclic esters (lactones) is 1. The van der Waals surface area contributed by atoms with Crippen molar-refractivity contribution in [1.82, 2.24) is 16.0 Å². The number of esters is 1. The average molecular weight is 850 g/mol. The van der Waals surface area contributed by atoms with Gasteiger partial charge in [0.25, 0.3) is 0 Å². The second kappa shape index (κ2) is 17.7. The Balaban J connectivity index is 1.24. The molecule has 0 aromatic rings. The molecule has 4 fully saturated rings. The van der Waals surface area contributed by atoms with Gasteiger partial charge in [-0.3, -0.25) is 14.4 Å². The number of rotatable bonds is 6. The largest absolute Gasteiger partial charge is 0.459 e. The van der Waals surface area contributed by atoms with Gasteiger partial charge < -0.3 is 51.0 Å². The number of carbonyl (C=O) groups is 4. The van der Waals surface area contributed by atoms with Crippen LogP contribution < -0.4 is 16.0 Å². The fraction of sp³-hybridized carbons (Fsp3) is 0.822. The second-order valence-electron chi connectivity index (χ2n) is 20.1. The number of nitrogens with one attached hydrogen (secondary N) is 3. The van der Waals surface area contributed by atoms with Crippen molar-refractivity contribution >= 4 is 23.8 Å². The monoisotopic (exact) mass is 850 g/mol. The first-order valence-corrected chi connectivity index (χ1v) is 22.1. The number of aliphatic hydroxyl groups excluding tert-OH is 3. The first-order chi connectivity index (χ1) is 27.8. The molecule has 3 saturated carbocycles. The summed E-state index contributed by atoms with van der Waals surface area (Å²) in [5, 5.41) is 65.8. The molecular weight excluding hydrogens is 778 g/mol. The molecule has 0 spiro atoms. The van der Waals surface area contributed by atoms with Gasteiger partial charge in [0.15, 0.2) is 17.6 Å². The van der Waals surface area contributed by atoms with Crippen LogP contribution in [-0.2, 0) is 23.9 Å². The minimum atomic E-state index is -1.99. The van der Waals surface area contributed by atoms with Gasteiger partial charge in [0.1, 0.15) is 11.7 Å². The lowest BCUT2D eigenvalue weighted by Crippen LogP contribution is -2.67. The first-order valence-electron chi connectivity index (χ1n) is 22.1. The van der Waals surface area contributed by atoms with Crippen LogP contribution in [0.2, 0.25) is 0 Å². The van der Waals surface area contributed by atoms with Crippen LogP contribution in [0.1, 0.15) is 108 Å². The molecule has 0 bridgehead atoms. The lowest BCUT2D eigenvalue weighted by atomic mass is 9.45. The molecule has 0 aromatic heterocycles. The Morgan fingerprint density at radius 2 is 1.63 bits per heavy atom. The van der Waals surface area contributed by atoms with E-state index >= 15 is 4.39 Å². The van der Waals surface area contributed by atoms with Crippen LogP contribution in [0.4, 0.5) is 9.18 Å². The van der Waals surface area contributed by atoms with Crippen molar-refractivity contribution in [2.45, 2.75) is 161 Å². The molecule has 4 aliphatic carbocycles. The molecule has 5 aliphatic rings. The van der Waals surface area contributed by atoms with Crippen molar-refractivity contribution in [3.8, 4) is 0 Å². The van der Waals surface area contributed by atoms with E-state index in [2.05, 4.69) is 16.0 Å². The van der Waals surface area contributed by atoms with Crippen molar-refractivity contribution in [2.75, 3.05) is 19.6 Å². The highest BCUT2D eigenvalue weighted by atomic mass is 19.1. The van der Waals surface area contributed by atoms with Gasteiger partial charge in [-0.2, -0.15) is 0 Å². The predicted octanol–water partition coefficient (Wildman–Crippen LogP) is 3.27. The third-order valence-electron chi connectivity index (χ3n) is 15.6. The Labute approximate surface area is 354 Å². The predicted molar refractivity (Wildman–Crippen MR) is 221 cm³/mol. The number of ether oxygens (including phenoxy) is 2. The summed E-state index contributed by atoms with van der Waals surface area (Å²) < 4.78 is 29.2. The lowest BCUT2D eigenvalue weighted by molar-refractivity contribution is -0.195. The Kier molecular flexibility index (Phi) is 14.2. The van der Waals surface area contributed by atoms with Crippen LogP contribution in [0.25, 0.3) is 0 Å². The lowest BCUT2D eigenvalue weighted by Gasteiger charge is -2.61. The van der Waals surface area contributed by atoms with E-state index in [-0.39, 0.29) is 68.3 Å². The van der Waals surface area contributed by atoms with Gasteiger partial charge in [-0.15, -0.1) is 0 Å². The zero-order valence-corrected chi connectivity index (χ0v) is 37.2. The second-order valence-corrected chi connectivity index (χ2v) is 20.1. The minimum Gasteiger partial charge on any atom is -0.459 e. The number of aliphatic hydroxyl groups is 5. The van der Waals surface area contributed by atoms with Crippen LogP contribution in [0.3, 0.4) is 0 Å². The van der Waals surface area contributed by atoms with Gasteiger partial charge in [0.2, 0.25) is 5.91 Å². The Morgan fingerprint density at radius 1 is 0.983 bits per heavy atom. The minimum absolute atomic E-state index is 0.0337. The number of amides is 2. The van der Waals surface area contributed by atoms with Crippen LogP contribution >= 0.6 is 0 Å². The third-order valence-corrected chi connectivity index (χ3v) is 15.6. The fourth-order valence-corrected chi connectivity index (χ4v) is 12.3. The van der Waals surface area contributed by atoms with Crippen LogP contribution in [0.15, 0.2) is 23.8 Å². The zero-order valence-electron chi connectivity index (χ0n) is 37.2. The van der Waals surface area contributed by atoms with Crippen LogP contribution in [0.5, 0.6) is 0 Å². The molecule has 8 N–H and O–H groups in total. The number of hydrogen-bond donors (Lipinski definition) is 8. The third kappa shape index (κ3) is 8.56. The summed E-state index contributed by atoms with van der Waals surface area (Å²) in [6, 6.07) is -0.708. The zero-order chi connectivity index (χ0) is 44.9. The maximum absolute atomic E-state index is 17.5. The summed E-state index contributed by atoms with van der Waals surface area (Å²) in [5.74, 6) is -4.82. The highest BCUT2D eigenvalue weighted by molar-refractivity contribution is 6.01. The molecule has 1 aliphatic heterocycles. The number of ketones is 1. The molecule has 14 nitrogen and oxygen atoms in total. The topological polar surface area (TPSA) is 224 Å². The molecular formula is C45H72FN3O11. The van der Waals surface area contributed by atoms with E-state index in [9.17, 15) is 44.7 Å². The van der Waals surface area contributed by atoms with Gasteiger partial charge >= 0.3 is 12.1 Å². The number of fused-ring (bicyclic) bond motifs is 5. The summed E-state index contributed by atoms with van der Waals surface area (Å²) >= 11 is 0. The number of hydrogen-bond acceptors (Lipinski definition) is 12. The number of carbonyl (C=O) groups excluding carboxylic acids is 4. The summed E-state index contributed by atoms with van der Waals surface area (Å²) in [5.41, 5.74) is -6.64. The van der Waals surface area contributed by atoms with Gasteiger partial charge in [-0.05, 0) is 115 Å². The quantitative estimate of drug-likeness (QED) is 0.143. The van der Waals surface area contributed by atoms with Gasteiger partial charge in [-0.25, -0.2) is 9.18 Å². The van der Waals surface area contributed by atoms with Crippen LogP contribution in [-0.4, -0.2) is 122 Å². The van der Waals surface area contributed by atoms with Gasteiger partial charge in [0, 0.05) is 42.3 Å². The van der Waals surface area contributed by atoms with Crippen molar-refractivity contribution in [3.05, 3.63) is 23.8 Å². The summed E-state index contributed by atoms with van der Waals surface area (Å²) in [6.45, 7) is 17.2. The molecule has 0 aromatic carbocycles. The Morgan fingerprint density at radius 3 is 2.28 bits per heavy atom. The molecule has 3 unspecified atom stereocenters. The van der Waals surface area contributed by atoms with Crippen molar-refractivity contribution in [3.63, 3.8) is 0 Å². The smallest absolute Gasteiger partial charge is 0.407 e. The number of allylic oxidation sites excluding steroid dienone is 4.